The van der Waals surface area contributed by atoms with Gasteiger partial charge in [-0.15, -0.1) is 5.10 Å². The van der Waals surface area contributed by atoms with Gasteiger partial charge in [-0.05, 0) is 58.1 Å². The molecule has 0 atom stereocenters. The van der Waals surface area contributed by atoms with Gasteiger partial charge in [0, 0.05) is 13.1 Å². The van der Waals surface area contributed by atoms with Crippen molar-refractivity contribution in [2.45, 2.75) is 25.8 Å². The number of aryl methyl sites for hydroxylation is 1. The third-order valence-electron chi connectivity index (χ3n) is 5.41. The van der Waals surface area contributed by atoms with E-state index >= 15 is 0 Å². The van der Waals surface area contributed by atoms with Gasteiger partial charge in [-0.1, -0.05) is 17.7 Å². The van der Waals surface area contributed by atoms with Crippen LogP contribution in [0.2, 0.25) is 0 Å². The molecular weight excluding hydrogens is 354 g/mol. The Morgan fingerprint density at radius 1 is 1.18 bits per heavy atom. The Hall–Kier alpha value is -2.93. The summed E-state index contributed by atoms with van der Waals surface area (Å²) in [6.45, 7) is 4.02. The maximum absolute atomic E-state index is 13.1. The molecular formula is C21H25N5O2. The van der Waals surface area contributed by atoms with Crippen molar-refractivity contribution in [1.29, 1.82) is 0 Å². The first-order valence-corrected chi connectivity index (χ1v) is 9.55. The number of aromatic nitrogens is 3. The van der Waals surface area contributed by atoms with Crippen LogP contribution < -0.4 is 0 Å². The van der Waals surface area contributed by atoms with Gasteiger partial charge in [0.1, 0.15) is 6.26 Å². The van der Waals surface area contributed by atoms with Crippen LogP contribution in [0.4, 0.5) is 0 Å². The van der Waals surface area contributed by atoms with E-state index in [1.807, 2.05) is 44.3 Å². The van der Waals surface area contributed by atoms with Crippen LogP contribution in [0.15, 0.2) is 47.3 Å². The number of likely N-dealkylation sites (tertiary alicyclic amines) is 1. The molecule has 0 saturated carbocycles. The number of hydrogen-bond acceptors (Lipinski definition) is 5. The minimum atomic E-state index is -0.148. The Morgan fingerprint density at radius 3 is 2.54 bits per heavy atom. The standard InChI is InChI=1S/C21H25N5O2/c1-15-4-6-18(7-5-15)26-20(16-10-13-28-14-16)22-19(23-26)21(27)25(3)17-8-11-24(2)12-9-17/h4-7,10,13-14,17H,8-9,11-12H2,1-3H3. The van der Waals surface area contributed by atoms with E-state index in [1.54, 1.807) is 22.1 Å². The predicted octanol–water partition coefficient (Wildman–Crippen LogP) is 3.00. The third-order valence-corrected chi connectivity index (χ3v) is 5.41. The van der Waals surface area contributed by atoms with Gasteiger partial charge in [-0.25, -0.2) is 9.67 Å². The number of amides is 1. The molecule has 7 heteroatoms. The summed E-state index contributed by atoms with van der Waals surface area (Å²) in [5.74, 6) is 0.654. The molecule has 0 N–H and O–H groups in total. The molecule has 3 aromatic rings. The average molecular weight is 379 g/mol. The summed E-state index contributed by atoms with van der Waals surface area (Å²) in [7, 11) is 3.96. The van der Waals surface area contributed by atoms with E-state index in [-0.39, 0.29) is 17.8 Å². The molecule has 4 rings (SSSR count). The lowest BCUT2D eigenvalue weighted by molar-refractivity contribution is 0.0647. The van der Waals surface area contributed by atoms with E-state index < -0.39 is 0 Å². The lowest BCUT2D eigenvalue weighted by Gasteiger charge is -2.34. The fourth-order valence-corrected chi connectivity index (χ4v) is 3.55. The third kappa shape index (κ3) is 3.57. The number of rotatable bonds is 4. The van der Waals surface area contributed by atoms with Gasteiger partial charge >= 0.3 is 0 Å². The maximum atomic E-state index is 13.1. The summed E-state index contributed by atoms with van der Waals surface area (Å²) >= 11 is 0. The number of carbonyl (C=O) groups excluding carboxylic acids is 1. The van der Waals surface area contributed by atoms with Gasteiger partial charge in [-0.2, -0.15) is 0 Å². The second kappa shape index (κ2) is 7.59. The smallest absolute Gasteiger partial charge is 0.293 e. The molecule has 1 aliphatic heterocycles. The topological polar surface area (TPSA) is 67.4 Å². The SMILES string of the molecule is Cc1ccc(-n2nc(C(=O)N(C)C3CCN(C)CC3)nc2-c2ccoc2)cc1. The molecule has 28 heavy (non-hydrogen) atoms. The number of furan rings is 1. The van der Waals surface area contributed by atoms with Crippen LogP contribution in [0.25, 0.3) is 17.1 Å². The number of carbonyl (C=O) groups is 1. The van der Waals surface area contributed by atoms with Crippen molar-refractivity contribution in [3.8, 4) is 17.1 Å². The molecule has 0 aliphatic carbocycles. The van der Waals surface area contributed by atoms with Crippen molar-refractivity contribution in [2.75, 3.05) is 27.2 Å². The molecule has 1 fully saturated rings. The highest BCUT2D eigenvalue weighted by Crippen LogP contribution is 2.23. The zero-order valence-corrected chi connectivity index (χ0v) is 16.5. The van der Waals surface area contributed by atoms with E-state index in [2.05, 4.69) is 22.0 Å². The Bertz CT molecular complexity index is 938. The fraction of sp³-hybridized carbons (Fsp3) is 0.381. The van der Waals surface area contributed by atoms with Crippen molar-refractivity contribution in [2.24, 2.45) is 0 Å². The minimum Gasteiger partial charge on any atom is -0.472 e. The highest BCUT2D eigenvalue weighted by Gasteiger charge is 2.28. The maximum Gasteiger partial charge on any atom is 0.293 e. The molecule has 1 amide bonds. The van der Waals surface area contributed by atoms with Crippen LogP contribution in [0, 0.1) is 6.92 Å². The highest BCUT2D eigenvalue weighted by molar-refractivity contribution is 5.91. The molecule has 2 aromatic heterocycles. The molecule has 0 spiro atoms. The van der Waals surface area contributed by atoms with Crippen LogP contribution in [-0.2, 0) is 0 Å². The van der Waals surface area contributed by atoms with E-state index in [0.717, 1.165) is 42.7 Å². The molecule has 7 nitrogen and oxygen atoms in total. The molecule has 0 radical (unpaired) electrons. The van der Waals surface area contributed by atoms with Gasteiger partial charge in [0.25, 0.3) is 5.91 Å². The molecule has 0 unspecified atom stereocenters. The van der Waals surface area contributed by atoms with Gasteiger partial charge < -0.3 is 14.2 Å². The van der Waals surface area contributed by atoms with E-state index in [9.17, 15) is 4.79 Å². The Kier molecular flexibility index (Phi) is 5.00. The van der Waals surface area contributed by atoms with E-state index in [4.69, 9.17) is 4.42 Å². The summed E-state index contributed by atoms with van der Waals surface area (Å²) in [4.78, 5) is 21.7. The van der Waals surface area contributed by atoms with Crippen molar-refractivity contribution in [3.05, 3.63) is 54.2 Å². The average Bonchev–Trinajstić information content (AvgIpc) is 3.38. The lowest BCUT2D eigenvalue weighted by atomic mass is 10.0. The number of piperidine rings is 1. The van der Waals surface area contributed by atoms with E-state index in [1.165, 1.54) is 0 Å². The van der Waals surface area contributed by atoms with Gasteiger partial charge in [-0.3, -0.25) is 4.79 Å². The van der Waals surface area contributed by atoms with Gasteiger partial charge in [0.15, 0.2) is 5.82 Å². The molecule has 3 heterocycles. The van der Waals surface area contributed by atoms with Gasteiger partial charge in [0.05, 0.1) is 17.5 Å². The summed E-state index contributed by atoms with van der Waals surface area (Å²) in [6.07, 6.45) is 5.14. The first-order chi connectivity index (χ1) is 13.5. The molecule has 1 aromatic carbocycles. The largest absolute Gasteiger partial charge is 0.472 e. The summed E-state index contributed by atoms with van der Waals surface area (Å²) in [5, 5.41) is 4.56. The fourth-order valence-electron chi connectivity index (χ4n) is 3.55. The number of benzene rings is 1. The van der Waals surface area contributed by atoms with Crippen molar-refractivity contribution < 1.29 is 9.21 Å². The van der Waals surface area contributed by atoms with Crippen LogP contribution in [-0.4, -0.2) is 63.7 Å². The van der Waals surface area contributed by atoms with Crippen LogP contribution in [0.3, 0.4) is 0 Å². The molecule has 1 saturated heterocycles. The summed E-state index contributed by atoms with van der Waals surface area (Å²) in [6, 6.07) is 10.0. The summed E-state index contributed by atoms with van der Waals surface area (Å²) < 4.78 is 6.93. The quantitative estimate of drug-likeness (QED) is 0.697. The van der Waals surface area contributed by atoms with Crippen LogP contribution >= 0.6 is 0 Å². The second-order valence-electron chi connectivity index (χ2n) is 7.47. The van der Waals surface area contributed by atoms with Crippen molar-refractivity contribution in [3.63, 3.8) is 0 Å². The second-order valence-corrected chi connectivity index (χ2v) is 7.47. The van der Waals surface area contributed by atoms with Gasteiger partial charge in [0.2, 0.25) is 5.82 Å². The first kappa shape index (κ1) is 18.4. The van der Waals surface area contributed by atoms with Crippen LogP contribution in [0.1, 0.15) is 29.0 Å². The zero-order valence-electron chi connectivity index (χ0n) is 16.5. The Labute approximate surface area is 164 Å². The normalized spacial score (nSPS) is 15.7. The zero-order chi connectivity index (χ0) is 19.7. The Morgan fingerprint density at radius 2 is 1.89 bits per heavy atom. The van der Waals surface area contributed by atoms with E-state index in [0.29, 0.717) is 5.82 Å². The molecule has 146 valence electrons. The monoisotopic (exact) mass is 379 g/mol. The summed E-state index contributed by atoms with van der Waals surface area (Å²) in [5.41, 5.74) is 2.80. The van der Waals surface area contributed by atoms with Crippen LogP contribution in [0.5, 0.6) is 0 Å². The predicted molar refractivity (Wildman–Crippen MR) is 106 cm³/mol. The molecule has 0 bridgehead atoms. The number of hydrogen-bond donors (Lipinski definition) is 0. The van der Waals surface area contributed by atoms with Crippen molar-refractivity contribution in [1.82, 2.24) is 24.6 Å². The van der Waals surface area contributed by atoms with Crippen molar-refractivity contribution >= 4 is 5.91 Å². The Balaban J connectivity index is 1.67. The highest BCUT2D eigenvalue weighted by atomic mass is 16.3. The minimum absolute atomic E-state index is 0.148. The number of nitrogens with zero attached hydrogens (tertiary/aromatic N) is 5. The molecule has 1 aliphatic rings. The first-order valence-electron chi connectivity index (χ1n) is 9.55. The lowest BCUT2D eigenvalue weighted by Crippen LogP contribution is -2.44.